The lowest BCUT2D eigenvalue weighted by Crippen LogP contribution is -2.39. The van der Waals surface area contributed by atoms with Gasteiger partial charge in [0, 0.05) is 50.0 Å². The normalized spacial score (nSPS) is 20.6. The molecular weight excluding hydrogens is 394 g/mol. The Hall–Kier alpha value is -3.26. The van der Waals surface area contributed by atoms with Gasteiger partial charge in [-0.1, -0.05) is 6.07 Å². The van der Waals surface area contributed by atoms with Crippen LogP contribution in [0, 0.1) is 0 Å². The standard InChI is InChI=1S/C23H25N5O3/c1-31-10-9-26-15-24-13-18(26)14-28-20-6-8-27(21(20)12-22(28)29)23(30)17-4-5-19-16(11-17)3-2-7-25-19/h2-5,7,11,13,15,20-21H,6,8-10,12,14H2,1H3/t20-,21-/m0/s1. The molecule has 0 aliphatic carbocycles. The van der Waals surface area contributed by atoms with E-state index < -0.39 is 0 Å². The van der Waals surface area contributed by atoms with Crippen LogP contribution in [0.3, 0.4) is 0 Å². The number of rotatable bonds is 6. The van der Waals surface area contributed by atoms with Gasteiger partial charge in [-0.3, -0.25) is 14.6 Å². The van der Waals surface area contributed by atoms with Gasteiger partial charge >= 0.3 is 0 Å². The number of carbonyl (C=O) groups excluding carboxylic acids is 2. The number of pyridine rings is 1. The molecule has 0 saturated carbocycles. The second kappa shape index (κ2) is 8.11. The highest BCUT2D eigenvalue weighted by molar-refractivity contribution is 5.99. The maximum absolute atomic E-state index is 13.3. The van der Waals surface area contributed by atoms with Crippen molar-refractivity contribution in [1.29, 1.82) is 0 Å². The Labute approximate surface area is 180 Å². The second-order valence-corrected chi connectivity index (χ2v) is 8.13. The van der Waals surface area contributed by atoms with Gasteiger partial charge in [-0.05, 0) is 30.7 Å². The SMILES string of the molecule is COCCn1cncc1CN1C(=O)C[C@H]2[C@@H]1CCN2C(=O)c1ccc2ncccc2c1. The number of nitrogens with zero attached hydrogens (tertiary/aromatic N) is 5. The Kier molecular flexibility index (Phi) is 5.15. The number of hydrogen-bond donors (Lipinski definition) is 0. The van der Waals surface area contributed by atoms with Crippen molar-refractivity contribution in [1.82, 2.24) is 24.3 Å². The minimum atomic E-state index is -0.0834. The van der Waals surface area contributed by atoms with E-state index >= 15 is 0 Å². The largest absolute Gasteiger partial charge is 0.383 e. The van der Waals surface area contributed by atoms with Crippen molar-refractivity contribution >= 4 is 22.7 Å². The van der Waals surface area contributed by atoms with Gasteiger partial charge in [0.25, 0.3) is 5.91 Å². The molecule has 0 radical (unpaired) electrons. The fourth-order valence-electron chi connectivity index (χ4n) is 4.81. The molecule has 160 valence electrons. The molecule has 2 fully saturated rings. The quantitative estimate of drug-likeness (QED) is 0.611. The molecule has 31 heavy (non-hydrogen) atoms. The molecule has 0 unspecified atom stereocenters. The first-order valence-electron chi connectivity index (χ1n) is 10.6. The summed E-state index contributed by atoms with van der Waals surface area (Å²) in [7, 11) is 1.67. The Morgan fingerprint density at radius 3 is 3.03 bits per heavy atom. The van der Waals surface area contributed by atoms with Gasteiger partial charge in [-0.25, -0.2) is 4.98 Å². The van der Waals surface area contributed by atoms with Crippen LogP contribution in [-0.4, -0.2) is 68.5 Å². The molecule has 1 aromatic carbocycles. The molecule has 2 aliphatic rings. The minimum Gasteiger partial charge on any atom is -0.383 e. The minimum absolute atomic E-state index is 0.0157. The van der Waals surface area contributed by atoms with E-state index in [1.54, 1.807) is 25.8 Å². The molecule has 3 aromatic rings. The van der Waals surface area contributed by atoms with E-state index in [1.165, 1.54) is 0 Å². The van der Waals surface area contributed by atoms with Crippen LogP contribution < -0.4 is 0 Å². The Bertz CT molecular complexity index is 1130. The van der Waals surface area contributed by atoms with Crippen molar-refractivity contribution in [2.75, 3.05) is 20.3 Å². The van der Waals surface area contributed by atoms with Gasteiger partial charge in [0.2, 0.25) is 5.91 Å². The van der Waals surface area contributed by atoms with Crippen LogP contribution in [0.2, 0.25) is 0 Å². The number of benzene rings is 1. The molecule has 2 aromatic heterocycles. The molecule has 2 amide bonds. The van der Waals surface area contributed by atoms with Crippen LogP contribution in [0.1, 0.15) is 28.9 Å². The van der Waals surface area contributed by atoms with Crippen LogP contribution >= 0.6 is 0 Å². The van der Waals surface area contributed by atoms with Gasteiger partial charge in [0.1, 0.15) is 0 Å². The number of carbonyl (C=O) groups is 2. The first kappa shape index (κ1) is 19.7. The molecule has 4 heterocycles. The van der Waals surface area contributed by atoms with Crippen molar-refractivity contribution in [3.63, 3.8) is 0 Å². The van der Waals surface area contributed by atoms with E-state index in [0.29, 0.717) is 38.2 Å². The van der Waals surface area contributed by atoms with Crippen LogP contribution in [-0.2, 0) is 22.6 Å². The third-order valence-electron chi connectivity index (χ3n) is 6.39. The zero-order valence-corrected chi connectivity index (χ0v) is 17.5. The number of aromatic nitrogens is 3. The van der Waals surface area contributed by atoms with Crippen LogP contribution in [0.5, 0.6) is 0 Å². The summed E-state index contributed by atoms with van der Waals surface area (Å²) < 4.78 is 7.18. The van der Waals surface area contributed by atoms with Crippen LogP contribution in [0.4, 0.5) is 0 Å². The smallest absolute Gasteiger partial charge is 0.254 e. The average Bonchev–Trinajstić information content (AvgIpc) is 3.48. The lowest BCUT2D eigenvalue weighted by molar-refractivity contribution is -0.129. The van der Waals surface area contributed by atoms with Crippen LogP contribution in [0.25, 0.3) is 10.9 Å². The Balaban J connectivity index is 1.33. The Morgan fingerprint density at radius 2 is 2.16 bits per heavy atom. The van der Waals surface area contributed by atoms with E-state index in [9.17, 15) is 9.59 Å². The molecule has 5 rings (SSSR count). The molecular formula is C23H25N5O3. The number of likely N-dealkylation sites (tertiary alicyclic amines) is 2. The fraction of sp³-hybridized carbons (Fsp3) is 0.391. The van der Waals surface area contributed by atoms with E-state index in [1.807, 2.05) is 44.7 Å². The van der Waals surface area contributed by atoms with Crippen molar-refractivity contribution in [2.24, 2.45) is 0 Å². The van der Waals surface area contributed by atoms with Crippen LogP contribution in [0.15, 0.2) is 49.1 Å². The highest BCUT2D eigenvalue weighted by atomic mass is 16.5. The predicted octanol–water partition coefficient (Wildman–Crippen LogP) is 2.09. The molecule has 8 nitrogen and oxygen atoms in total. The summed E-state index contributed by atoms with van der Waals surface area (Å²) in [5.41, 5.74) is 2.49. The number of fused-ring (bicyclic) bond motifs is 2. The van der Waals surface area contributed by atoms with Crippen molar-refractivity contribution < 1.29 is 14.3 Å². The first-order chi connectivity index (χ1) is 15.2. The summed E-state index contributed by atoms with van der Waals surface area (Å²) in [4.78, 5) is 38.5. The zero-order chi connectivity index (χ0) is 21.4. The van der Waals surface area contributed by atoms with Gasteiger partial charge in [-0.2, -0.15) is 0 Å². The summed E-state index contributed by atoms with van der Waals surface area (Å²) in [6.07, 6.45) is 6.48. The molecule has 8 heteroatoms. The van der Waals surface area contributed by atoms with Crippen molar-refractivity contribution in [3.05, 3.63) is 60.3 Å². The molecule has 0 bridgehead atoms. The van der Waals surface area contributed by atoms with Gasteiger partial charge < -0.3 is 19.1 Å². The molecule has 2 aliphatic heterocycles. The molecule has 0 spiro atoms. The van der Waals surface area contributed by atoms with E-state index in [2.05, 4.69) is 9.97 Å². The summed E-state index contributed by atoms with van der Waals surface area (Å²) in [5.74, 6) is 0.0766. The monoisotopic (exact) mass is 419 g/mol. The predicted molar refractivity (Wildman–Crippen MR) is 114 cm³/mol. The zero-order valence-electron chi connectivity index (χ0n) is 17.5. The number of ether oxygens (including phenoxy) is 1. The average molecular weight is 419 g/mol. The maximum Gasteiger partial charge on any atom is 0.254 e. The second-order valence-electron chi connectivity index (χ2n) is 8.13. The summed E-state index contributed by atoms with van der Waals surface area (Å²) in [6.45, 7) is 2.45. The number of imidazole rings is 1. The number of amides is 2. The fourth-order valence-corrected chi connectivity index (χ4v) is 4.81. The van der Waals surface area contributed by atoms with Crippen molar-refractivity contribution in [3.8, 4) is 0 Å². The molecule has 2 atom stereocenters. The number of hydrogen-bond acceptors (Lipinski definition) is 5. The number of methoxy groups -OCH3 is 1. The van der Waals surface area contributed by atoms with E-state index in [-0.39, 0.29) is 23.9 Å². The van der Waals surface area contributed by atoms with Crippen molar-refractivity contribution in [2.45, 2.75) is 38.0 Å². The van der Waals surface area contributed by atoms with Gasteiger partial charge in [0.05, 0.1) is 42.8 Å². The Morgan fingerprint density at radius 1 is 1.26 bits per heavy atom. The third kappa shape index (κ3) is 3.57. The first-order valence-corrected chi connectivity index (χ1v) is 10.6. The van der Waals surface area contributed by atoms with Gasteiger partial charge in [0.15, 0.2) is 0 Å². The third-order valence-corrected chi connectivity index (χ3v) is 6.39. The van der Waals surface area contributed by atoms with E-state index in [4.69, 9.17) is 4.74 Å². The summed E-state index contributed by atoms with van der Waals surface area (Å²) in [6, 6.07) is 9.38. The van der Waals surface area contributed by atoms with Gasteiger partial charge in [-0.15, -0.1) is 0 Å². The highest BCUT2D eigenvalue weighted by Gasteiger charge is 2.48. The maximum atomic E-state index is 13.3. The highest BCUT2D eigenvalue weighted by Crippen LogP contribution is 2.34. The lowest BCUT2D eigenvalue weighted by Gasteiger charge is -2.26. The summed E-state index contributed by atoms with van der Waals surface area (Å²) in [5, 5.41) is 0.942. The summed E-state index contributed by atoms with van der Waals surface area (Å²) >= 11 is 0. The lowest BCUT2D eigenvalue weighted by atomic mass is 10.1. The molecule has 0 N–H and O–H groups in total. The van der Waals surface area contributed by atoms with E-state index in [0.717, 1.165) is 23.0 Å². The molecule has 2 saturated heterocycles. The topological polar surface area (TPSA) is 80.6 Å².